The highest BCUT2D eigenvalue weighted by molar-refractivity contribution is 7.21. The number of thiazole rings is 2. The molecule has 0 aromatic carbocycles. The van der Waals surface area contributed by atoms with Gasteiger partial charge in [-0.1, -0.05) is 6.92 Å². The molecule has 0 amide bonds. The van der Waals surface area contributed by atoms with Crippen molar-refractivity contribution < 1.29 is 9.90 Å². The zero-order valence-electron chi connectivity index (χ0n) is 7.93. The largest absolute Gasteiger partial charge is 0.477 e. The van der Waals surface area contributed by atoms with Crippen molar-refractivity contribution >= 4 is 28.6 Å². The topological polar surface area (TPSA) is 63.1 Å². The van der Waals surface area contributed by atoms with E-state index in [4.69, 9.17) is 5.11 Å². The zero-order chi connectivity index (χ0) is 10.8. The second-order valence-electron chi connectivity index (χ2n) is 2.82. The van der Waals surface area contributed by atoms with Gasteiger partial charge in [0, 0.05) is 6.20 Å². The van der Waals surface area contributed by atoms with Gasteiger partial charge in [-0.3, -0.25) is 4.98 Å². The van der Waals surface area contributed by atoms with Crippen LogP contribution >= 0.6 is 22.7 Å². The zero-order valence-corrected chi connectivity index (χ0v) is 9.56. The molecule has 0 bridgehead atoms. The summed E-state index contributed by atoms with van der Waals surface area (Å²) in [6.07, 6.45) is 2.34. The molecule has 15 heavy (non-hydrogen) atoms. The molecule has 0 aliphatic carbocycles. The molecule has 4 nitrogen and oxygen atoms in total. The Labute approximate surface area is 94.3 Å². The van der Waals surface area contributed by atoms with Crippen LogP contribution in [-0.2, 0) is 6.42 Å². The van der Waals surface area contributed by atoms with Gasteiger partial charge in [-0.25, -0.2) is 9.78 Å². The molecule has 0 saturated carbocycles. The second kappa shape index (κ2) is 4.08. The number of nitrogens with zero attached hydrogens (tertiary/aromatic N) is 2. The molecule has 0 unspecified atom stereocenters. The molecule has 6 heteroatoms. The number of hydrogen-bond donors (Lipinski definition) is 1. The van der Waals surface area contributed by atoms with Crippen LogP contribution in [0.15, 0.2) is 11.7 Å². The predicted molar refractivity (Wildman–Crippen MR) is 59.6 cm³/mol. The maximum absolute atomic E-state index is 10.9. The Morgan fingerprint density at radius 3 is 2.87 bits per heavy atom. The Hall–Kier alpha value is -1.27. The first-order valence-corrected chi connectivity index (χ1v) is 6.03. The lowest BCUT2D eigenvalue weighted by Crippen LogP contribution is -1.97. The first-order chi connectivity index (χ1) is 7.22. The van der Waals surface area contributed by atoms with E-state index in [0.717, 1.165) is 9.88 Å². The molecule has 0 radical (unpaired) electrons. The molecule has 78 valence electrons. The summed E-state index contributed by atoms with van der Waals surface area (Å²) < 4.78 is 0. The summed E-state index contributed by atoms with van der Waals surface area (Å²) in [5, 5.41) is 9.71. The Bertz CT molecular complexity index is 476. The highest BCUT2D eigenvalue weighted by Gasteiger charge is 2.17. The van der Waals surface area contributed by atoms with Crippen molar-refractivity contribution in [3.8, 4) is 9.88 Å². The Balaban J connectivity index is 2.48. The number of carboxylic acids is 1. The van der Waals surface area contributed by atoms with E-state index in [1.807, 2.05) is 6.92 Å². The number of carbonyl (C=O) groups is 1. The minimum Gasteiger partial charge on any atom is -0.477 e. The number of carboxylic acid groups (broad SMARTS) is 1. The standard InChI is InChI=1S/C9H8N2O2S2/c1-2-5-7(9(12)13)15-8(11-5)6-3-10-4-14-6/h3-4H,2H2,1H3,(H,12,13). The Morgan fingerprint density at radius 1 is 1.60 bits per heavy atom. The Morgan fingerprint density at radius 2 is 2.40 bits per heavy atom. The van der Waals surface area contributed by atoms with Gasteiger partial charge < -0.3 is 5.11 Å². The molecular formula is C9H8N2O2S2. The van der Waals surface area contributed by atoms with Gasteiger partial charge in [-0.15, -0.1) is 22.7 Å². The number of rotatable bonds is 3. The molecule has 0 aliphatic heterocycles. The first-order valence-electron chi connectivity index (χ1n) is 4.34. The SMILES string of the molecule is CCc1nc(-c2cncs2)sc1C(=O)O. The van der Waals surface area contributed by atoms with Crippen LogP contribution in [-0.4, -0.2) is 21.0 Å². The van der Waals surface area contributed by atoms with Crippen LogP contribution < -0.4 is 0 Å². The van der Waals surface area contributed by atoms with E-state index >= 15 is 0 Å². The molecule has 0 spiro atoms. The van der Waals surface area contributed by atoms with Crippen LogP contribution in [0.5, 0.6) is 0 Å². The number of aromatic carboxylic acids is 1. The van der Waals surface area contributed by atoms with E-state index < -0.39 is 5.97 Å². The van der Waals surface area contributed by atoms with Crippen LogP contribution in [0.3, 0.4) is 0 Å². The smallest absolute Gasteiger partial charge is 0.347 e. The summed E-state index contributed by atoms with van der Waals surface area (Å²) in [5.41, 5.74) is 2.36. The van der Waals surface area contributed by atoms with Crippen LogP contribution in [0.2, 0.25) is 0 Å². The number of hydrogen-bond acceptors (Lipinski definition) is 5. The molecule has 2 aromatic rings. The van der Waals surface area contributed by atoms with Crippen molar-refractivity contribution in [2.75, 3.05) is 0 Å². The molecule has 0 saturated heterocycles. The maximum atomic E-state index is 10.9. The van der Waals surface area contributed by atoms with Gasteiger partial charge in [0.05, 0.1) is 16.1 Å². The minimum atomic E-state index is -0.903. The molecule has 0 aliphatic rings. The van der Waals surface area contributed by atoms with Gasteiger partial charge in [-0.05, 0) is 6.42 Å². The predicted octanol–water partition coefficient (Wildman–Crippen LogP) is 2.53. The van der Waals surface area contributed by atoms with Gasteiger partial charge in [0.2, 0.25) is 0 Å². The molecule has 2 aromatic heterocycles. The molecule has 2 rings (SSSR count). The highest BCUT2D eigenvalue weighted by Crippen LogP contribution is 2.30. The van der Waals surface area contributed by atoms with Gasteiger partial charge in [0.25, 0.3) is 0 Å². The summed E-state index contributed by atoms with van der Waals surface area (Å²) in [4.78, 5) is 20.4. The van der Waals surface area contributed by atoms with Gasteiger partial charge in [0.1, 0.15) is 9.88 Å². The normalized spacial score (nSPS) is 10.5. The first kappa shape index (κ1) is 10.3. The third-order valence-electron chi connectivity index (χ3n) is 1.87. The van der Waals surface area contributed by atoms with Crippen LogP contribution in [0.25, 0.3) is 9.88 Å². The summed E-state index contributed by atoms with van der Waals surface area (Å²) in [6, 6.07) is 0. The van der Waals surface area contributed by atoms with E-state index in [9.17, 15) is 4.79 Å². The summed E-state index contributed by atoms with van der Waals surface area (Å²) in [7, 11) is 0. The van der Waals surface area contributed by atoms with Crippen molar-refractivity contribution in [3.63, 3.8) is 0 Å². The fourth-order valence-corrected chi connectivity index (χ4v) is 2.86. The van der Waals surface area contributed by atoms with E-state index in [-0.39, 0.29) is 0 Å². The highest BCUT2D eigenvalue weighted by atomic mass is 32.1. The van der Waals surface area contributed by atoms with E-state index in [2.05, 4.69) is 9.97 Å². The van der Waals surface area contributed by atoms with Gasteiger partial charge in [0.15, 0.2) is 0 Å². The fraction of sp³-hybridized carbons (Fsp3) is 0.222. The third-order valence-corrected chi connectivity index (χ3v) is 3.90. The van der Waals surface area contributed by atoms with Gasteiger partial charge in [-0.2, -0.15) is 0 Å². The number of aromatic nitrogens is 2. The molecule has 0 fully saturated rings. The molecule has 1 N–H and O–H groups in total. The second-order valence-corrected chi connectivity index (χ2v) is 4.70. The monoisotopic (exact) mass is 240 g/mol. The van der Waals surface area contributed by atoms with Crippen molar-refractivity contribution in [1.82, 2.24) is 9.97 Å². The van der Waals surface area contributed by atoms with Crippen molar-refractivity contribution in [3.05, 3.63) is 22.3 Å². The lowest BCUT2D eigenvalue weighted by atomic mass is 10.3. The lowest BCUT2D eigenvalue weighted by molar-refractivity contribution is 0.0701. The molecular weight excluding hydrogens is 232 g/mol. The van der Waals surface area contributed by atoms with Crippen molar-refractivity contribution in [2.24, 2.45) is 0 Å². The molecule has 0 atom stereocenters. The fourth-order valence-electron chi connectivity index (χ4n) is 1.19. The quantitative estimate of drug-likeness (QED) is 0.895. The number of aryl methyl sites for hydroxylation is 1. The average molecular weight is 240 g/mol. The van der Waals surface area contributed by atoms with Gasteiger partial charge >= 0.3 is 5.97 Å². The average Bonchev–Trinajstić information content (AvgIpc) is 2.86. The molecule has 2 heterocycles. The van der Waals surface area contributed by atoms with Crippen LogP contribution in [0, 0.1) is 0 Å². The Kier molecular flexibility index (Phi) is 2.79. The van der Waals surface area contributed by atoms with Crippen LogP contribution in [0.4, 0.5) is 0 Å². The van der Waals surface area contributed by atoms with E-state index in [1.54, 1.807) is 11.7 Å². The minimum absolute atomic E-state index is 0.334. The third kappa shape index (κ3) is 1.91. The lowest BCUT2D eigenvalue weighted by Gasteiger charge is -1.89. The van der Waals surface area contributed by atoms with Crippen molar-refractivity contribution in [2.45, 2.75) is 13.3 Å². The summed E-state index contributed by atoms with van der Waals surface area (Å²) in [5.74, 6) is -0.903. The maximum Gasteiger partial charge on any atom is 0.347 e. The summed E-state index contributed by atoms with van der Waals surface area (Å²) in [6.45, 7) is 1.90. The van der Waals surface area contributed by atoms with E-state index in [0.29, 0.717) is 17.0 Å². The van der Waals surface area contributed by atoms with Crippen LogP contribution in [0.1, 0.15) is 22.3 Å². The van der Waals surface area contributed by atoms with Crippen molar-refractivity contribution in [1.29, 1.82) is 0 Å². The van der Waals surface area contributed by atoms with E-state index in [1.165, 1.54) is 22.7 Å². The summed E-state index contributed by atoms with van der Waals surface area (Å²) >= 11 is 2.67.